The van der Waals surface area contributed by atoms with Crippen LogP contribution in [0.4, 0.5) is 26.3 Å². The van der Waals surface area contributed by atoms with E-state index in [-0.39, 0.29) is 17.8 Å². The number of amidine groups is 1. The number of hydrogen-bond donors (Lipinski definition) is 2. The van der Waals surface area contributed by atoms with E-state index in [9.17, 15) is 26.3 Å². The van der Waals surface area contributed by atoms with Crippen LogP contribution in [0.2, 0.25) is 0 Å². The van der Waals surface area contributed by atoms with E-state index in [0.29, 0.717) is 21.8 Å². The van der Waals surface area contributed by atoms with Gasteiger partial charge in [0.15, 0.2) is 5.54 Å². The van der Waals surface area contributed by atoms with Crippen molar-refractivity contribution in [1.82, 2.24) is 0 Å². The van der Waals surface area contributed by atoms with Gasteiger partial charge in [-0.3, -0.25) is 0 Å². The first-order valence-electron chi connectivity index (χ1n) is 9.82. The van der Waals surface area contributed by atoms with Crippen molar-refractivity contribution in [2.45, 2.75) is 24.3 Å². The summed E-state index contributed by atoms with van der Waals surface area (Å²) < 4.78 is 79.9. The lowest BCUT2D eigenvalue weighted by Crippen LogP contribution is -2.46. The van der Waals surface area contributed by atoms with E-state index in [0.717, 1.165) is 5.56 Å². The monoisotopic (exact) mass is 516 g/mol. The fourth-order valence-corrected chi connectivity index (χ4v) is 4.35. The van der Waals surface area contributed by atoms with E-state index in [2.05, 4.69) is 4.99 Å². The highest BCUT2D eigenvalue weighted by atomic mass is 32.1. The zero-order chi connectivity index (χ0) is 26.0. The molecule has 0 aliphatic carbocycles. The van der Waals surface area contributed by atoms with Crippen LogP contribution in [0.25, 0.3) is 11.1 Å². The Morgan fingerprint density at radius 2 is 1.66 bits per heavy atom. The largest absolute Gasteiger partial charge is 0.497 e. The highest BCUT2D eigenvalue weighted by molar-refractivity contribution is 7.12. The number of hydrogen-bond acceptors (Lipinski definition) is 5. The summed E-state index contributed by atoms with van der Waals surface area (Å²) in [5.41, 5.74) is 5.59. The van der Waals surface area contributed by atoms with E-state index < -0.39 is 23.9 Å². The number of benzene rings is 2. The number of thiophene rings is 1. The predicted octanol–water partition coefficient (Wildman–Crippen LogP) is 5.78. The maximum Gasteiger partial charge on any atom is 0.490 e. The van der Waals surface area contributed by atoms with Gasteiger partial charge in [-0.25, -0.2) is 9.79 Å². The summed E-state index contributed by atoms with van der Waals surface area (Å²) in [7, 11) is 1.55. The molecule has 0 fully saturated rings. The number of fused-ring (bicyclic) bond motifs is 1. The van der Waals surface area contributed by atoms with Gasteiger partial charge in [0.2, 0.25) is 0 Å². The molecule has 1 aliphatic heterocycles. The number of alkyl halides is 6. The number of rotatable bonds is 3. The molecule has 0 radical (unpaired) electrons. The molecule has 0 amide bonds. The molecule has 0 saturated heterocycles. The van der Waals surface area contributed by atoms with Crippen molar-refractivity contribution in [1.29, 1.82) is 0 Å². The first-order valence-corrected chi connectivity index (χ1v) is 10.7. The zero-order valence-corrected chi connectivity index (χ0v) is 18.8. The molecule has 35 heavy (non-hydrogen) atoms. The van der Waals surface area contributed by atoms with Crippen LogP contribution in [0, 0.1) is 0 Å². The van der Waals surface area contributed by atoms with Crippen molar-refractivity contribution in [2.24, 2.45) is 10.7 Å². The van der Waals surface area contributed by atoms with Crippen LogP contribution in [0.5, 0.6) is 5.75 Å². The van der Waals surface area contributed by atoms with Crippen LogP contribution in [0.15, 0.2) is 65.0 Å². The Kier molecular flexibility index (Phi) is 7.16. The minimum Gasteiger partial charge on any atom is -0.497 e. The Morgan fingerprint density at radius 3 is 2.23 bits per heavy atom. The molecule has 3 aromatic rings. The van der Waals surface area contributed by atoms with Crippen LogP contribution < -0.4 is 10.5 Å². The van der Waals surface area contributed by atoms with Crippen LogP contribution in [0.1, 0.15) is 16.0 Å². The maximum atomic E-state index is 14.3. The van der Waals surface area contributed by atoms with Crippen LogP contribution >= 0.6 is 11.3 Å². The molecule has 186 valence electrons. The normalized spacial score (nSPS) is 17.5. The fourth-order valence-electron chi connectivity index (χ4n) is 3.52. The highest BCUT2D eigenvalue weighted by Crippen LogP contribution is 2.48. The molecular weight excluding hydrogens is 498 g/mol. The summed E-state index contributed by atoms with van der Waals surface area (Å²) in [5, 5.41) is 8.87. The van der Waals surface area contributed by atoms with E-state index in [1.54, 1.807) is 48.9 Å². The topological polar surface area (TPSA) is 84.9 Å². The molecule has 2 heterocycles. The van der Waals surface area contributed by atoms with Crippen LogP contribution in [0.3, 0.4) is 0 Å². The lowest BCUT2D eigenvalue weighted by Gasteiger charge is -2.36. The highest BCUT2D eigenvalue weighted by Gasteiger charge is 2.58. The minimum atomic E-state index is -5.08. The van der Waals surface area contributed by atoms with E-state index in [1.165, 1.54) is 23.5 Å². The molecule has 5 nitrogen and oxygen atoms in total. The maximum absolute atomic E-state index is 14.3. The summed E-state index contributed by atoms with van der Waals surface area (Å²) in [5.74, 6) is -2.19. The molecule has 1 atom stereocenters. The standard InChI is InChI=1S/C21H17F3N2OS.C2HF3O2/c1-27-17-7-3-5-14(11-17)13-4-2-6-16(10-13)20(21(22,23)24)12-15-8-9-28-18(15)19(25)26-20;3-2(4,5)1(6)7/h2-11H,12H2,1H3,(H2,25,26);(H,6,7). The summed E-state index contributed by atoms with van der Waals surface area (Å²) in [6.45, 7) is 0. The molecular formula is C23H18F6N2O3S. The third-order valence-electron chi connectivity index (χ3n) is 5.19. The molecule has 1 aliphatic rings. The molecule has 0 saturated carbocycles. The van der Waals surface area contributed by atoms with Gasteiger partial charge in [0.25, 0.3) is 0 Å². The van der Waals surface area contributed by atoms with E-state index in [1.807, 2.05) is 6.07 Å². The zero-order valence-electron chi connectivity index (χ0n) is 17.9. The summed E-state index contributed by atoms with van der Waals surface area (Å²) in [6.07, 6.45) is -9.94. The second kappa shape index (κ2) is 9.61. The van der Waals surface area contributed by atoms with E-state index in [4.69, 9.17) is 20.4 Å². The second-order valence-corrected chi connectivity index (χ2v) is 8.34. The quantitative estimate of drug-likeness (QED) is 0.433. The van der Waals surface area contributed by atoms with Gasteiger partial charge in [0, 0.05) is 6.42 Å². The number of nitrogens with two attached hydrogens (primary N) is 1. The molecule has 3 N–H and O–H groups in total. The number of carbonyl (C=O) groups is 1. The van der Waals surface area contributed by atoms with Crippen molar-refractivity contribution >= 4 is 23.1 Å². The molecule has 12 heteroatoms. The van der Waals surface area contributed by atoms with Gasteiger partial charge in [-0.15, -0.1) is 11.3 Å². The van der Waals surface area contributed by atoms with Crippen molar-refractivity contribution in [2.75, 3.05) is 7.11 Å². The Labute approximate surface area is 199 Å². The van der Waals surface area contributed by atoms with Crippen molar-refractivity contribution in [3.8, 4) is 16.9 Å². The lowest BCUT2D eigenvalue weighted by molar-refractivity contribution is -0.192. The minimum absolute atomic E-state index is 0.0691. The number of nitrogens with zero attached hydrogens (tertiary/aromatic N) is 1. The van der Waals surface area contributed by atoms with Gasteiger partial charge < -0.3 is 15.6 Å². The Hall–Kier alpha value is -3.54. The molecule has 0 spiro atoms. The van der Waals surface area contributed by atoms with Gasteiger partial charge in [-0.1, -0.05) is 30.3 Å². The number of ether oxygens (including phenoxy) is 1. The smallest absolute Gasteiger partial charge is 0.490 e. The van der Waals surface area contributed by atoms with Gasteiger partial charge in [-0.2, -0.15) is 26.3 Å². The van der Waals surface area contributed by atoms with Crippen LogP contribution in [-0.2, 0) is 16.8 Å². The van der Waals surface area contributed by atoms with Gasteiger partial charge in [0.1, 0.15) is 11.6 Å². The number of aliphatic imine (C=N–C) groups is 1. The van der Waals surface area contributed by atoms with Gasteiger partial charge in [-0.05, 0) is 51.9 Å². The first kappa shape index (κ1) is 26.1. The van der Waals surface area contributed by atoms with Crippen LogP contribution in [-0.4, -0.2) is 36.4 Å². The molecule has 0 bridgehead atoms. The lowest BCUT2D eigenvalue weighted by atomic mass is 9.81. The average Bonchev–Trinajstić information content (AvgIpc) is 3.27. The second-order valence-electron chi connectivity index (χ2n) is 7.42. The third-order valence-corrected chi connectivity index (χ3v) is 6.17. The van der Waals surface area contributed by atoms with Gasteiger partial charge >= 0.3 is 18.3 Å². The fraction of sp³-hybridized carbons (Fsp3) is 0.217. The van der Waals surface area contributed by atoms with Crippen molar-refractivity contribution in [3.63, 3.8) is 0 Å². The summed E-state index contributed by atoms with van der Waals surface area (Å²) in [6, 6.07) is 15.3. The molecule has 1 unspecified atom stereocenters. The SMILES string of the molecule is COc1cccc(-c2cccc(C3(C(F)(F)F)Cc4ccsc4C(N)=N3)c2)c1.O=C(O)C(F)(F)F. The Morgan fingerprint density at radius 1 is 1.06 bits per heavy atom. The molecule has 1 aromatic heterocycles. The third kappa shape index (κ3) is 5.42. The number of methoxy groups -OCH3 is 1. The summed E-state index contributed by atoms with van der Waals surface area (Å²) >= 11 is 1.31. The molecule has 4 rings (SSSR count). The molecule has 2 aromatic carbocycles. The number of carboxylic acids is 1. The summed E-state index contributed by atoms with van der Waals surface area (Å²) in [4.78, 5) is 13.5. The first-order chi connectivity index (χ1) is 16.3. The predicted molar refractivity (Wildman–Crippen MR) is 119 cm³/mol. The Balaban J connectivity index is 0.000000429. The number of carboxylic acid groups (broad SMARTS) is 1. The number of halogens is 6. The van der Waals surface area contributed by atoms with Gasteiger partial charge in [0.05, 0.1) is 12.0 Å². The van der Waals surface area contributed by atoms with E-state index >= 15 is 0 Å². The Bertz CT molecular complexity index is 1250. The van der Waals surface area contributed by atoms with Crippen molar-refractivity contribution < 1.29 is 41.0 Å². The average molecular weight is 516 g/mol. The number of aliphatic carboxylic acids is 1. The van der Waals surface area contributed by atoms with Crippen molar-refractivity contribution in [3.05, 3.63) is 76.0 Å².